The molecule has 12 heteroatoms. The Morgan fingerprint density at radius 2 is 1.55 bits per heavy atom. The van der Waals surface area contributed by atoms with Crippen LogP contribution in [-0.2, 0) is 16.6 Å². The molecule has 0 radical (unpaired) electrons. The Morgan fingerprint density at radius 1 is 0.947 bits per heavy atom. The first-order valence-corrected chi connectivity index (χ1v) is 13.2. The lowest BCUT2D eigenvalue weighted by molar-refractivity contribution is 0.0955. The molecule has 3 aromatic heterocycles. The third-order valence-corrected chi connectivity index (χ3v) is 6.35. The predicted molar refractivity (Wildman–Crippen MR) is 142 cm³/mol. The summed E-state index contributed by atoms with van der Waals surface area (Å²) in [6.45, 7) is -0.211. The molecular formula is C26H22N6O5S. The van der Waals surface area contributed by atoms with Gasteiger partial charge in [0.15, 0.2) is 5.76 Å². The van der Waals surface area contributed by atoms with E-state index in [2.05, 4.69) is 25.3 Å². The van der Waals surface area contributed by atoms with E-state index in [0.29, 0.717) is 28.1 Å². The minimum atomic E-state index is -3.55. The fourth-order valence-corrected chi connectivity index (χ4v) is 4.46. The highest BCUT2D eigenvalue weighted by Crippen LogP contribution is 2.29. The summed E-state index contributed by atoms with van der Waals surface area (Å²) in [7, 11) is -3.55. The Morgan fingerprint density at radius 3 is 2.11 bits per heavy atom. The Balaban J connectivity index is 1.48. The van der Waals surface area contributed by atoms with Crippen molar-refractivity contribution in [3.8, 4) is 33.6 Å². The van der Waals surface area contributed by atoms with Gasteiger partial charge in [0.25, 0.3) is 5.91 Å². The van der Waals surface area contributed by atoms with Crippen molar-refractivity contribution in [2.24, 2.45) is 5.84 Å². The number of carbonyl (C=O) groups excluding carboxylic acids is 1. The van der Waals surface area contributed by atoms with Gasteiger partial charge < -0.3 is 9.63 Å². The first-order chi connectivity index (χ1) is 18.2. The van der Waals surface area contributed by atoms with Crippen molar-refractivity contribution in [3.63, 3.8) is 0 Å². The summed E-state index contributed by atoms with van der Waals surface area (Å²) >= 11 is 0. The first-order valence-electron chi connectivity index (χ1n) is 11.3. The zero-order valence-corrected chi connectivity index (χ0v) is 20.9. The van der Waals surface area contributed by atoms with Gasteiger partial charge >= 0.3 is 0 Å². The summed E-state index contributed by atoms with van der Waals surface area (Å²) < 4.78 is 30.6. The molecule has 192 valence electrons. The average Bonchev–Trinajstić information content (AvgIpc) is 3.41. The van der Waals surface area contributed by atoms with E-state index in [1.165, 1.54) is 12.3 Å². The number of aliphatic hydroxyl groups excluding tert-OH is 1. The Labute approximate surface area is 217 Å². The monoisotopic (exact) mass is 530 g/mol. The maximum Gasteiger partial charge on any atom is 0.265 e. The number of rotatable bonds is 7. The number of hydrogen-bond acceptors (Lipinski definition) is 9. The van der Waals surface area contributed by atoms with Gasteiger partial charge in [-0.15, -0.1) is 0 Å². The van der Waals surface area contributed by atoms with Crippen LogP contribution in [0.15, 0.2) is 77.4 Å². The minimum Gasteiger partial charge on any atom is -0.388 e. The molecule has 1 amide bonds. The highest BCUT2D eigenvalue weighted by atomic mass is 32.2. The topological polar surface area (TPSA) is 173 Å². The predicted octanol–water partition coefficient (Wildman–Crippen LogP) is 3.09. The number of sulfonamides is 1. The molecule has 0 aliphatic rings. The normalized spacial score (nSPS) is 11.4. The number of anilines is 1. The molecule has 3 heterocycles. The molecule has 0 aliphatic carbocycles. The molecular weight excluding hydrogens is 508 g/mol. The van der Waals surface area contributed by atoms with Crippen LogP contribution < -0.4 is 16.0 Å². The Bertz CT molecular complexity index is 1750. The van der Waals surface area contributed by atoms with Gasteiger partial charge in [-0.3, -0.25) is 14.9 Å². The highest BCUT2D eigenvalue weighted by molar-refractivity contribution is 7.92. The summed E-state index contributed by atoms with van der Waals surface area (Å²) in [4.78, 5) is 21.2. The SMILES string of the molecule is CS(=O)(=O)Nc1cc2nc(-c3ccc(-c4ccc(-c5cc(CO)on5)cc4)cc3)cc(C(=O)NN)c2cn1. The molecule has 5 rings (SSSR count). The number of nitrogen functional groups attached to an aromatic ring is 1. The summed E-state index contributed by atoms with van der Waals surface area (Å²) in [5, 5.41) is 13.5. The molecule has 0 bridgehead atoms. The number of nitrogens with two attached hydrogens (primary N) is 1. The van der Waals surface area contributed by atoms with Crippen LogP contribution in [0.25, 0.3) is 44.5 Å². The van der Waals surface area contributed by atoms with Crippen molar-refractivity contribution >= 4 is 32.7 Å². The number of nitrogens with one attached hydrogen (secondary N) is 2. The molecule has 0 saturated heterocycles. The van der Waals surface area contributed by atoms with Gasteiger partial charge in [0, 0.05) is 34.8 Å². The van der Waals surface area contributed by atoms with Gasteiger partial charge in [-0.2, -0.15) is 0 Å². The number of benzene rings is 2. The molecule has 11 nitrogen and oxygen atoms in total. The van der Waals surface area contributed by atoms with Crippen molar-refractivity contribution in [2.45, 2.75) is 6.61 Å². The smallest absolute Gasteiger partial charge is 0.265 e. The zero-order valence-electron chi connectivity index (χ0n) is 20.0. The number of aromatic nitrogens is 3. The molecule has 2 aromatic carbocycles. The molecule has 0 atom stereocenters. The van der Waals surface area contributed by atoms with E-state index < -0.39 is 15.9 Å². The molecule has 5 N–H and O–H groups in total. The number of carbonyl (C=O) groups is 1. The van der Waals surface area contributed by atoms with E-state index in [0.717, 1.165) is 28.5 Å². The average molecular weight is 531 g/mol. The molecule has 5 aromatic rings. The molecule has 38 heavy (non-hydrogen) atoms. The number of aliphatic hydroxyl groups is 1. The molecule has 0 spiro atoms. The number of hydrogen-bond donors (Lipinski definition) is 4. The third-order valence-electron chi connectivity index (χ3n) is 5.77. The van der Waals surface area contributed by atoms with Crippen LogP contribution >= 0.6 is 0 Å². The van der Waals surface area contributed by atoms with Crippen LogP contribution in [0, 0.1) is 0 Å². The maximum absolute atomic E-state index is 12.5. The fourth-order valence-electron chi connectivity index (χ4n) is 3.97. The highest BCUT2D eigenvalue weighted by Gasteiger charge is 2.15. The van der Waals surface area contributed by atoms with Crippen LogP contribution in [0.5, 0.6) is 0 Å². The largest absolute Gasteiger partial charge is 0.388 e. The summed E-state index contributed by atoms with van der Waals surface area (Å²) in [6.07, 6.45) is 2.40. The van der Waals surface area contributed by atoms with Gasteiger partial charge in [-0.05, 0) is 17.2 Å². The molecule has 0 aliphatic heterocycles. The Kier molecular flexibility index (Phi) is 6.59. The van der Waals surface area contributed by atoms with Crippen LogP contribution in [0.4, 0.5) is 5.82 Å². The number of fused-ring (bicyclic) bond motifs is 1. The van der Waals surface area contributed by atoms with Crippen LogP contribution in [-0.4, -0.2) is 40.8 Å². The van der Waals surface area contributed by atoms with Crippen LogP contribution in [0.3, 0.4) is 0 Å². The van der Waals surface area contributed by atoms with Gasteiger partial charge in [-0.1, -0.05) is 53.7 Å². The third kappa shape index (κ3) is 5.22. The summed E-state index contributed by atoms with van der Waals surface area (Å²) in [6, 6.07) is 20.1. The number of amides is 1. The van der Waals surface area contributed by atoms with E-state index >= 15 is 0 Å². The number of pyridine rings is 2. The zero-order chi connectivity index (χ0) is 26.9. The van der Waals surface area contributed by atoms with Crippen molar-refractivity contribution in [2.75, 3.05) is 11.0 Å². The van der Waals surface area contributed by atoms with Gasteiger partial charge in [-0.25, -0.2) is 24.2 Å². The van der Waals surface area contributed by atoms with E-state index in [-0.39, 0.29) is 18.0 Å². The van der Waals surface area contributed by atoms with Gasteiger partial charge in [0.05, 0.1) is 23.0 Å². The fraction of sp³-hybridized carbons (Fsp3) is 0.0769. The van der Waals surface area contributed by atoms with Gasteiger partial charge in [0.1, 0.15) is 18.1 Å². The molecule has 0 saturated carbocycles. The Hall–Kier alpha value is -4.65. The second-order valence-corrected chi connectivity index (χ2v) is 10.2. The van der Waals surface area contributed by atoms with Crippen LogP contribution in [0.2, 0.25) is 0 Å². The van der Waals surface area contributed by atoms with Crippen LogP contribution in [0.1, 0.15) is 16.1 Å². The lowest BCUT2D eigenvalue weighted by Gasteiger charge is -2.11. The lowest BCUT2D eigenvalue weighted by Crippen LogP contribution is -2.30. The lowest BCUT2D eigenvalue weighted by atomic mass is 9.99. The van der Waals surface area contributed by atoms with E-state index in [1.54, 1.807) is 12.1 Å². The second-order valence-electron chi connectivity index (χ2n) is 8.48. The quantitative estimate of drug-likeness (QED) is 0.140. The van der Waals surface area contributed by atoms with E-state index in [4.69, 9.17) is 15.5 Å². The van der Waals surface area contributed by atoms with E-state index in [1.807, 2.05) is 48.5 Å². The standard InChI is InChI=1S/C26H22N6O5S/c1-38(35,36)32-25-12-24-21(13-28-25)20(26(34)30-27)11-22(29-24)17-6-2-15(3-7-17)16-4-8-18(9-5-16)23-10-19(14-33)37-31-23/h2-13,33H,14,27H2,1H3,(H,28,32)(H,30,34). The second kappa shape index (κ2) is 10.0. The maximum atomic E-state index is 12.5. The number of nitrogens with zero attached hydrogens (tertiary/aromatic N) is 3. The first kappa shape index (κ1) is 25.0. The van der Waals surface area contributed by atoms with Crippen molar-refractivity contribution in [1.82, 2.24) is 20.6 Å². The number of hydrazine groups is 1. The van der Waals surface area contributed by atoms with E-state index in [9.17, 15) is 13.2 Å². The van der Waals surface area contributed by atoms with Crippen molar-refractivity contribution in [3.05, 3.63) is 84.3 Å². The van der Waals surface area contributed by atoms with Crippen molar-refractivity contribution in [1.29, 1.82) is 0 Å². The van der Waals surface area contributed by atoms with Crippen molar-refractivity contribution < 1.29 is 22.8 Å². The van der Waals surface area contributed by atoms with Gasteiger partial charge in [0.2, 0.25) is 10.0 Å². The summed E-state index contributed by atoms with van der Waals surface area (Å²) in [5.74, 6) is 5.34. The molecule has 0 unspecified atom stereocenters. The minimum absolute atomic E-state index is 0.0840. The molecule has 0 fully saturated rings. The summed E-state index contributed by atoms with van der Waals surface area (Å²) in [5.41, 5.74) is 7.43.